The number of azo groups is 2. The summed E-state index contributed by atoms with van der Waals surface area (Å²) in [5.41, 5.74) is 6.26. The molecule has 0 saturated heterocycles. The maximum Gasteiger partial charge on any atom is 0.408 e. The lowest BCUT2D eigenvalue weighted by molar-refractivity contribution is -0.654. The van der Waals surface area contributed by atoms with E-state index in [9.17, 15) is 0 Å². The third-order valence-corrected chi connectivity index (χ3v) is 7.10. The molecule has 0 spiro atoms. The van der Waals surface area contributed by atoms with Gasteiger partial charge in [0.15, 0.2) is 0 Å². The summed E-state index contributed by atoms with van der Waals surface area (Å²) in [7, 11) is 3.93. The van der Waals surface area contributed by atoms with Crippen molar-refractivity contribution < 1.29 is 43.1 Å². The molecule has 0 unspecified atom stereocenters. The topological polar surface area (TPSA) is 81.3 Å². The summed E-state index contributed by atoms with van der Waals surface area (Å²) in [4.78, 5) is 0. The fourth-order valence-electron chi connectivity index (χ4n) is 3.40. The summed E-state index contributed by atoms with van der Waals surface area (Å²) in [6.45, 7) is 5.93. The highest BCUT2D eigenvalue weighted by atomic mass is 79.9. The van der Waals surface area contributed by atoms with Crippen LogP contribution in [0.3, 0.4) is 0 Å². The molecule has 0 bridgehead atoms. The number of nitrogens with one attached hydrogen (secondary N) is 2. The van der Waals surface area contributed by atoms with E-state index in [4.69, 9.17) is 0 Å². The first-order chi connectivity index (χ1) is 17.0. The number of rotatable bonds is 10. The summed E-state index contributed by atoms with van der Waals surface area (Å²) in [6, 6.07) is 12.2. The van der Waals surface area contributed by atoms with Crippen LogP contribution < -0.4 is 53.7 Å². The maximum absolute atomic E-state index is 4.36. The molecule has 0 aliphatic rings. The Morgan fingerprint density at radius 3 is 1.46 bits per heavy atom. The normalized spacial score (nSPS) is 10.9. The van der Waals surface area contributed by atoms with E-state index in [-0.39, 0.29) is 34.0 Å². The van der Waals surface area contributed by atoms with Crippen LogP contribution in [-0.4, -0.2) is 13.1 Å². The zero-order valence-corrected chi connectivity index (χ0v) is 26.0. The second-order valence-electron chi connectivity index (χ2n) is 8.20. The van der Waals surface area contributed by atoms with Gasteiger partial charge in [0.1, 0.15) is 23.8 Å². The van der Waals surface area contributed by atoms with Gasteiger partial charge in [-0.2, -0.15) is 0 Å². The first-order valence-electron chi connectivity index (χ1n) is 11.4. The van der Waals surface area contributed by atoms with Crippen LogP contribution in [0.1, 0.15) is 17.5 Å². The molecule has 196 valence electrons. The molecule has 0 amide bonds. The van der Waals surface area contributed by atoms with Gasteiger partial charge in [0.05, 0.1) is 24.3 Å². The fraction of sp³-hybridized carbons (Fsp3) is 0.280. The highest BCUT2D eigenvalue weighted by molar-refractivity contribution is 7.13. The number of hydrogen-bond donors (Lipinski definition) is 2. The summed E-state index contributed by atoms with van der Waals surface area (Å²) < 4.78 is 3.91. The predicted octanol–water partition coefficient (Wildman–Crippen LogP) is 0.828. The Balaban J connectivity index is 0.00000241. The van der Waals surface area contributed by atoms with Crippen molar-refractivity contribution in [3.8, 4) is 0 Å². The molecule has 0 saturated carbocycles. The minimum Gasteiger partial charge on any atom is -1.00 e. The molecule has 0 aliphatic heterocycles. The zero-order chi connectivity index (χ0) is 24.6. The van der Waals surface area contributed by atoms with Crippen LogP contribution in [0.25, 0.3) is 0 Å². The maximum atomic E-state index is 4.36. The minimum atomic E-state index is 0. The monoisotopic (exact) mass is 664 g/mol. The molecule has 4 aromatic rings. The van der Waals surface area contributed by atoms with Crippen molar-refractivity contribution in [2.45, 2.75) is 20.3 Å². The molecule has 2 aromatic carbocycles. The van der Waals surface area contributed by atoms with Crippen molar-refractivity contribution >= 4 is 55.7 Å². The molecule has 2 aromatic heterocycles. The van der Waals surface area contributed by atoms with Crippen LogP contribution in [0.15, 0.2) is 80.0 Å². The molecule has 12 heteroatoms. The first kappa shape index (κ1) is 30.7. The Morgan fingerprint density at radius 2 is 1.11 bits per heavy atom. The van der Waals surface area contributed by atoms with Gasteiger partial charge >= 0.3 is 10.3 Å². The quantitative estimate of drug-likeness (QED) is 0.150. The Labute approximate surface area is 246 Å². The third kappa shape index (κ3) is 8.77. The van der Waals surface area contributed by atoms with Gasteiger partial charge in [0, 0.05) is 35.2 Å². The average Bonchev–Trinajstić information content (AvgIpc) is 3.45. The molecular formula is C25H30Br2N8S2. The number of benzene rings is 2. The van der Waals surface area contributed by atoms with Gasteiger partial charge in [-0.25, -0.2) is 9.13 Å². The Hall–Kier alpha value is -2.54. The third-order valence-electron chi connectivity index (χ3n) is 5.43. The highest BCUT2D eigenvalue weighted by Crippen LogP contribution is 2.25. The highest BCUT2D eigenvalue weighted by Gasteiger charge is 2.09. The van der Waals surface area contributed by atoms with Gasteiger partial charge in [-0.15, -0.1) is 0 Å². The molecule has 0 fully saturated rings. The largest absolute Gasteiger partial charge is 1.00 e. The van der Waals surface area contributed by atoms with E-state index < -0.39 is 0 Å². The number of aromatic nitrogens is 2. The van der Waals surface area contributed by atoms with Gasteiger partial charge < -0.3 is 44.6 Å². The van der Waals surface area contributed by atoms with Crippen LogP contribution >= 0.6 is 22.7 Å². The van der Waals surface area contributed by atoms with E-state index in [2.05, 4.69) is 69.2 Å². The Morgan fingerprint density at radius 1 is 0.676 bits per heavy atom. The van der Waals surface area contributed by atoms with Crippen LogP contribution in [0.2, 0.25) is 0 Å². The molecule has 2 heterocycles. The van der Waals surface area contributed by atoms with Crippen LogP contribution in [-0.2, 0) is 14.1 Å². The van der Waals surface area contributed by atoms with E-state index >= 15 is 0 Å². The predicted molar refractivity (Wildman–Crippen MR) is 143 cm³/mol. The lowest BCUT2D eigenvalue weighted by Gasteiger charge is -2.12. The van der Waals surface area contributed by atoms with Gasteiger partial charge in [-0.1, -0.05) is 0 Å². The number of hydrogen-bond acceptors (Lipinski definition) is 8. The van der Waals surface area contributed by atoms with Gasteiger partial charge in [0.2, 0.25) is 0 Å². The number of nitrogens with zero attached hydrogens (tertiary/aromatic N) is 6. The SMILES string of the molecule is Cc1cc(N=Nc2scc[n+]2C)ccc1NCCCNc1ccc(N=Nc2scc[n+]2C)cc1C.[Br-].[Br-]. The van der Waals surface area contributed by atoms with Crippen molar-refractivity contribution in [2.75, 3.05) is 23.7 Å². The number of aryl methyl sites for hydroxylation is 4. The van der Waals surface area contributed by atoms with Crippen LogP contribution in [0, 0.1) is 13.8 Å². The number of halogens is 2. The van der Waals surface area contributed by atoms with Crippen molar-refractivity contribution in [3.05, 3.63) is 70.7 Å². The number of anilines is 2. The summed E-state index contributed by atoms with van der Waals surface area (Å²) in [5, 5.41) is 30.2. The molecular weight excluding hydrogens is 636 g/mol. The lowest BCUT2D eigenvalue weighted by atomic mass is 10.1. The molecule has 37 heavy (non-hydrogen) atoms. The average molecular weight is 667 g/mol. The zero-order valence-electron chi connectivity index (χ0n) is 21.2. The van der Waals surface area contributed by atoms with Crippen LogP contribution in [0.4, 0.5) is 33.0 Å². The minimum absolute atomic E-state index is 0. The van der Waals surface area contributed by atoms with E-state index in [1.807, 2.05) is 58.5 Å². The van der Waals surface area contributed by atoms with Crippen molar-refractivity contribution in [3.63, 3.8) is 0 Å². The molecule has 0 radical (unpaired) electrons. The first-order valence-corrected chi connectivity index (χ1v) is 13.1. The van der Waals surface area contributed by atoms with Crippen molar-refractivity contribution in [2.24, 2.45) is 34.6 Å². The lowest BCUT2D eigenvalue weighted by Crippen LogP contribution is -3.00. The van der Waals surface area contributed by atoms with E-state index in [0.717, 1.165) is 63.6 Å². The second-order valence-corrected chi connectivity index (χ2v) is 9.94. The van der Waals surface area contributed by atoms with Crippen molar-refractivity contribution in [1.82, 2.24) is 0 Å². The van der Waals surface area contributed by atoms with E-state index in [1.54, 1.807) is 22.7 Å². The summed E-state index contributed by atoms with van der Waals surface area (Å²) in [5.74, 6) is 0. The molecule has 0 aliphatic carbocycles. The molecule has 8 nitrogen and oxygen atoms in total. The van der Waals surface area contributed by atoms with Gasteiger partial charge in [-0.3, -0.25) is 0 Å². The van der Waals surface area contributed by atoms with Crippen LogP contribution in [0.5, 0.6) is 0 Å². The standard InChI is InChI=1S/C25H28N8S2.2BrH/c1-18-16-20(28-30-24-32(3)12-14-34-24)6-8-22(18)26-10-5-11-27-23-9-7-21(17-19(23)2)29-31-25-33(4)13-15-35-25;;/h6-9,12-17H,5,10-11H2,1-4H3;2*1H. The molecule has 4 rings (SSSR count). The second kappa shape index (κ2) is 15.0. The fourth-order valence-corrected chi connectivity index (χ4v) is 4.76. The Bertz CT molecular complexity index is 1250. The van der Waals surface area contributed by atoms with E-state index in [0.29, 0.717) is 0 Å². The van der Waals surface area contributed by atoms with Gasteiger partial charge in [0.25, 0.3) is 0 Å². The molecule has 0 atom stereocenters. The van der Waals surface area contributed by atoms with E-state index in [1.165, 1.54) is 0 Å². The van der Waals surface area contributed by atoms with Crippen molar-refractivity contribution in [1.29, 1.82) is 0 Å². The Kier molecular flexibility index (Phi) is 12.4. The smallest absolute Gasteiger partial charge is 0.408 e. The summed E-state index contributed by atoms with van der Waals surface area (Å²) in [6.07, 6.45) is 4.94. The molecule has 2 N–H and O–H groups in total. The number of thiazole rings is 2. The van der Waals surface area contributed by atoms with Gasteiger partial charge in [-0.05, 0) is 101 Å². The summed E-state index contributed by atoms with van der Waals surface area (Å²) >= 11 is 3.14.